The van der Waals surface area contributed by atoms with Crippen LogP contribution in [0.4, 0.5) is 0 Å². The molecule has 0 unspecified atom stereocenters. The molecule has 0 amide bonds. The Morgan fingerprint density at radius 2 is 1.23 bits per heavy atom. The molecule has 0 saturated carbocycles. The summed E-state index contributed by atoms with van der Waals surface area (Å²) >= 11 is 0. The van der Waals surface area contributed by atoms with E-state index < -0.39 is 0 Å². The standard InChI is InChI=1S/C13H24/c1-3-5-7-9-11-13-12-10-8-6-4-2/h9,11-13H,3-8,10H2,1-2H3/b11-9+,13-12?. The topological polar surface area (TPSA) is 0 Å². The smallest absolute Gasteiger partial charge is 0.0348 e. The molecule has 0 saturated heterocycles. The van der Waals surface area contributed by atoms with Gasteiger partial charge in [0.1, 0.15) is 0 Å². The zero-order valence-corrected chi connectivity index (χ0v) is 9.26. The first kappa shape index (κ1) is 12.5. The third-order valence-corrected chi connectivity index (χ3v) is 2.08. The van der Waals surface area contributed by atoms with E-state index in [0.717, 1.165) is 0 Å². The Morgan fingerprint density at radius 3 is 1.77 bits per heavy atom. The fraction of sp³-hybridized carbons (Fsp3) is 0.692. The molecule has 0 heterocycles. The molecule has 0 aliphatic rings. The summed E-state index contributed by atoms with van der Waals surface area (Å²) in [4.78, 5) is 0. The lowest BCUT2D eigenvalue weighted by Gasteiger charge is -1.90. The Labute approximate surface area is 83.7 Å². The van der Waals surface area contributed by atoms with Gasteiger partial charge in [0.2, 0.25) is 0 Å². The fourth-order valence-corrected chi connectivity index (χ4v) is 1.18. The minimum atomic E-state index is 1.23. The van der Waals surface area contributed by atoms with Crippen LogP contribution in [0.15, 0.2) is 24.3 Å². The second-order valence-electron chi connectivity index (χ2n) is 3.49. The van der Waals surface area contributed by atoms with Crippen LogP contribution >= 0.6 is 0 Å². The molecule has 0 aromatic heterocycles. The van der Waals surface area contributed by atoms with Crippen LogP contribution in [0.2, 0.25) is 0 Å². The van der Waals surface area contributed by atoms with Gasteiger partial charge in [-0.2, -0.15) is 0 Å². The van der Waals surface area contributed by atoms with E-state index >= 15 is 0 Å². The zero-order valence-electron chi connectivity index (χ0n) is 9.26. The van der Waals surface area contributed by atoms with Crippen LogP contribution in [0.5, 0.6) is 0 Å². The molecule has 0 aliphatic heterocycles. The molecule has 0 heteroatoms. The van der Waals surface area contributed by atoms with Crippen molar-refractivity contribution in [3.8, 4) is 0 Å². The second kappa shape index (κ2) is 11.5. The summed E-state index contributed by atoms with van der Waals surface area (Å²) in [6, 6.07) is 0. The van der Waals surface area contributed by atoms with Crippen LogP contribution in [0, 0.1) is 0 Å². The maximum absolute atomic E-state index is 2.28. The first-order chi connectivity index (χ1) is 6.41. The molecule has 76 valence electrons. The maximum Gasteiger partial charge on any atom is -0.0348 e. The van der Waals surface area contributed by atoms with Crippen LogP contribution in [0.3, 0.4) is 0 Å². The Kier molecular flexibility index (Phi) is 11.0. The summed E-state index contributed by atoms with van der Waals surface area (Å²) in [5, 5.41) is 0. The van der Waals surface area contributed by atoms with Crippen LogP contribution in [0.25, 0.3) is 0 Å². The second-order valence-corrected chi connectivity index (χ2v) is 3.49. The van der Waals surface area contributed by atoms with Gasteiger partial charge in [0, 0.05) is 0 Å². The molecule has 0 aromatic carbocycles. The monoisotopic (exact) mass is 180 g/mol. The largest absolute Gasteiger partial charge is 0.0845 e. The van der Waals surface area contributed by atoms with Gasteiger partial charge in [0.05, 0.1) is 0 Å². The quantitative estimate of drug-likeness (QED) is 0.369. The predicted molar refractivity (Wildman–Crippen MR) is 61.9 cm³/mol. The summed E-state index contributed by atoms with van der Waals surface area (Å²) in [7, 11) is 0. The van der Waals surface area contributed by atoms with Crippen LogP contribution in [0.1, 0.15) is 58.8 Å². The van der Waals surface area contributed by atoms with Gasteiger partial charge in [0.15, 0.2) is 0 Å². The molecule has 0 nitrogen and oxygen atoms in total. The van der Waals surface area contributed by atoms with Crippen molar-refractivity contribution < 1.29 is 0 Å². The third kappa shape index (κ3) is 11.5. The molecule has 13 heavy (non-hydrogen) atoms. The minimum absolute atomic E-state index is 1.23. The Hall–Kier alpha value is -0.520. The van der Waals surface area contributed by atoms with Crippen molar-refractivity contribution >= 4 is 0 Å². The summed E-state index contributed by atoms with van der Waals surface area (Å²) in [5.41, 5.74) is 0. The van der Waals surface area contributed by atoms with Crippen LogP contribution < -0.4 is 0 Å². The molecule has 0 aromatic rings. The van der Waals surface area contributed by atoms with Crippen molar-refractivity contribution in [3.05, 3.63) is 24.3 Å². The van der Waals surface area contributed by atoms with E-state index in [-0.39, 0.29) is 0 Å². The average Bonchev–Trinajstić information content (AvgIpc) is 2.16. The molecular formula is C13H24. The average molecular weight is 180 g/mol. The van der Waals surface area contributed by atoms with Gasteiger partial charge in [-0.1, -0.05) is 63.8 Å². The fourth-order valence-electron chi connectivity index (χ4n) is 1.18. The van der Waals surface area contributed by atoms with Crippen molar-refractivity contribution in [3.63, 3.8) is 0 Å². The van der Waals surface area contributed by atoms with E-state index in [1.165, 1.54) is 44.9 Å². The molecule has 0 fully saturated rings. The highest BCUT2D eigenvalue weighted by Gasteiger charge is 1.80. The van der Waals surface area contributed by atoms with Crippen LogP contribution in [-0.2, 0) is 0 Å². The van der Waals surface area contributed by atoms with Gasteiger partial charge in [-0.25, -0.2) is 0 Å². The van der Waals surface area contributed by atoms with Gasteiger partial charge in [-0.05, 0) is 19.3 Å². The van der Waals surface area contributed by atoms with E-state index in [1.807, 2.05) is 0 Å². The lowest BCUT2D eigenvalue weighted by atomic mass is 10.2. The lowest BCUT2D eigenvalue weighted by molar-refractivity contribution is 0.729. The van der Waals surface area contributed by atoms with Crippen molar-refractivity contribution in [2.75, 3.05) is 0 Å². The summed E-state index contributed by atoms with van der Waals surface area (Å²) in [6.07, 6.45) is 18.0. The highest BCUT2D eigenvalue weighted by molar-refractivity contribution is 5.02. The first-order valence-corrected chi connectivity index (χ1v) is 5.73. The molecule has 0 N–H and O–H groups in total. The highest BCUT2D eigenvalue weighted by atomic mass is 13.9. The SMILES string of the molecule is CCCC/C=C/C=CCCCCC. The Morgan fingerprint density at radius 1 is 0.692 bits per heavy atom. The van der Waals surface area contributed by atoms with Gasteiger partial charge in [-0.15, -0.1) is 0 Å². The van der Waals surface area contributed by atoms with E-state index in [0.29, 0.717) is 0 Å². The van der Waals surface area contributed by atoms with E-state index in [2.05, 4.69) is 38.2 Å². The Balaban J connectivity index is 3.15. The molecule has 0 spiro atoms. The van der Waals surface area contributed by atoms with Crippen molar-refractivity contribution in [1.29, 1.82) is 0 Å². The molecule has 0 rings (SSSR count). The molecule has 0 aliphatic carbocycles. The summed E-state index contributed by atoms with van der Waals surface area (Å²) < 4.78 is 0. The number of unbranched alkanes of at least 4 members (excludes halogenated alkanes) is 5. The van der Waals surface area contributed by atoms with Gasteiger partial charge in [-0.3, -0.25) is 0 Å². The predicted octanol–water partition coefficient (Wildman–Crippen LogP) is 4.87. The number of allylic oxidation sites excluding steroid dienone is 4. The van der Waals surface area contributed by atoms with E-state index in [1.54, 1.807) is 0 Å². The van der Waals surface area contributed by atoms with Crippen molar-refractivity contribution in [1.82, 2.24) is 0 Å². The van der Waals surface area contributed by atoms with Crippen molar-refractivity contribution in [2.45, 2.75) is 58.8 Å². The molecule has 0 atom stereocenters. The molecule has 0 radical (unpaired) electrons. The summed E-state index contributed by atoms with van der Waals surface area (Å²) in [5.74, 6) is 0. The maximum atomic E-state index is 2.28. The van der Waals surface area contributed by atoms with Crippen LogP contribution in [-0.4, -0.2) is 0 Å². The van der Waals surface area contributed by atoms with Gasteiger partial charge >= 0.3 is 0 Å². The van der Waals surface area contributed by atoms with E-state index in [4.69, 9.17) is 0 Å². The van der Waals surface area contributed by atoms with Crippen molar-refractivity contribution in [2.24, 2.45) is 0 Å². The zero-order chi connectivity index (χ0) is 9.78. The number of hydrogen-bond donors (Lipinski definition) is 0. The van der Waals surface area contributed by atoms with Gasteiger partial charge in [0.25, 0.3) is 0 Å². The third-order valence-electron chi connectivity index (χ3n) is 2.08. The van der Waals surface area contributed by atoms with E-state index in [9.17, 15) is 0 Å². The lowest BCUT2D eigenvalue weighted by Crippen LogP contribution is -1.70. The van der Waals surface area contributed by atoms with Gasteiger partial charge < -0.3 is 0 Å². The molecule has 0 bridgehead atoms. The number of hydrogen-bond acceptors (Lipinski definition) is 0. The normalized spacial score (nSPS) is 11.8. The molecular weight excluding hydrogens is 156 g/mol. The number of rotatable bonds is 8. The highest BCUT2D eigenvalue weighted by Crippen LogP contribution is 2.00. The Bertz CT molecular complexity index is 131. The minimum Gasteiger partial charge on any atom is -0.0845 e. The summed E-state index contributed by atoms with van der Waals surface area (Å²) in [6.45, 7) is 4.47. The first-order valence-electron chi connectivity index (χ1n) is 5.73.